The van der Waals surface area contributed by atoms with Crippen LogP contribution in [0.3, 0.4) is 0 Å². The summed E-state index contributed by atoms with van der Waals surface area (Å²) >= 11 is 0. The van der Waals surface area contributed by atoms with Crippen LogP contribution in [0.5, 0.6) is 0 Å². The molecule has 1 atom stereocenters. The average Bonchev–Trinajstić information content (AvgIpc) is 3.49. The second-order valence-electron chi connectivity index (χ2n) is 13.0. The third-order valence-electron chi connectivity index (χ3n) is 8.29. The van der Waals surface area contributed by atoms with Gasteiger partial charge in [0.2, 0.25) is 5.91 Å². The molecule has 5 rings (SSSR count). The van der Waals surface area contributed by atoms with E-state index in [0.717, 1.165) is 17.7 Å². The first-order chi connectivity index (χ1) is 22.2. The number of rotatable bonds is 8. The summed E-state index contributed by atoms with van der Waals surface area (Å²) in [5.41, 5.74) is 0.616. The van der Waals surface area contributed by atoms with Crippen LogP contribution in [0, 0.1) is 5.92 Å². The summed E-state index contributed by atoms with van der Waals surface area (Å²) in [7, 11) is 0. The van der Waals surface area contributed by atoms with Crippen molar-refractivity contribution in [1.29, 1.82) is 0 Å². The van der Waals surface area contributed by atoms with Crippen LogP contribution in [0.25, 0.3) is 11.1 Å². The smallest absolute Gasteiger partial charge is 0.416 e. The summed E-state index contributed by atoms with van der Waals surface area (Å²) < 4.78 is 56.6. The van der Waals surface area contributed by atoms with Crippen LogP contribution in [-0.4, -0.2) is 59.9 Å². The zero-order valence-corrected chi connectivity index (χ0v) is 26.8. The molecule has 2 fully saturated rings. The first kappa shape index (κ1) is 34.0. The van der Waals surface area contributed by atoms with E-state index in [1.54, 1.807) is 58.0 Å². The van der Waals surface area contributed by atoms with E-state index in [1.807, 2.05) is 4.90 Å². The van der Waals surface area contributed by atoms with Gasteiger partial charge in [0.05, 0.1) is 30.7 Å². The number of amides is 3. The number of carbonyl (C=O) groups is 3. The lowest BCUT2D eigenvalue weighted by Crippen LogP contribution is -2.47. The normalized spacial score (nSPS) is 16.7. The van der Waals surface area contributed by atoms with Crippen LogP contribution in [0.15, 0.2) is 53.1 Å². The molecule has 2 aliphatic heterocycles. The van der Waals surface area contributed by atoms with Gasteiger partial charge in [-0.15, -0.1) is 0 Å². The summed E-state index contributed by atoms with van der Waals surface area (Å²) in [5, 5.41) is 9.46. The number of alkyl carbamates (subject to hydrolysis) is 1. The minimum Gasteiger partial charge on any atom is -0.444 e. The van der Waals surface area contributed by atoms with Gasteiger partial charge in [0.25, 0.3) is 5.91 Å². The van der Waals surface area contributed by atoms with Gasteiger partial charge in [-0.25, -0.2) is 4.79 Å². The molecule has 1 aromatic heterocycles. The molecule has 252 valence electrons. The maximum absolute atomic E-state index is 13.6. The van der Waals surface area contributed by atoms with Crippen molar-refractivity contribution < 1.29 is 41.6 Å². The van der Waals surface area contributed by atoms with Crippen LogP contribution >= 0.6 is 0 Å². The first-order valence-electron chi connectivity index (χ1n) is 15.6. The Labute approximate surface area is 271 Å². The molecule has 2 aromatic carbocycles. The predicted octanol–water partition coefficient (Wildman–Crippen LogP) is 6.23. The minimum absolute atomic E-state index is 0.0383. The fourth-order valence-electron chi connectivity index (χ4n) is 5.57. The fourth-order valence-corrected chi connectivity index (χ4v) is 5.57. The third kappa shape index (κ3) is 8.51. The SMILES string of the molecule is C[C@@H](NC(=O)c1cc(C2CCN(C(=O)C3COC3)CC2)on1)c1ccc(-c2cc(C(F)(F)F)ccc2CNC(=O)OC(C)(C)C)cc1. The molecule has 0 radical (unpaired) electrons. The van der Waals surface area contributed by atoms with Crippen molar-refractivity contribution in [2.45, 2.75) is 70.8 Å². The van der Waals surface area contributed by atoms with Crippen molar-refractivity contribution in [1.82, 2.24) is 20.7 Å². The van der Waals surface area contributed by atoms with Gasteiger partial charge < -0.3 is 29.5 Å². The molecule has 0 saturated carbocycles. The zero-order valence-electron chi connectivity index (χ0n) is 26.8. The highest BCUT2D eigenvalue weighted by Crippen LogP contribution is 2.35. The molecule has 2 N–H and O–H groups in total. The highest BCUT2D eigenvalue weighted by Gasteiger charge is 2.34. The van der Waals surface area contributed by atoms with E-state index < -0.39 is 35.4 Å². The van der Waals surface area contributed by atoms with Gasteiger partial charge in [-0.3, -0.25) is 9.59 Å². The molecule has 0 aliphatic carbocycles. The third-order valence-corrected chi connectivity index (χ3v) is 8.29. The molecule has 3 aromatic rings. The summed E-state index contributed by atoms with van der Waals surface area (Å²) in [6.07, 6.45) is -3.81. The number of aromatic nitrogens is 1. The van der Waals surface area contributed by atoms with Gasteiger partial charge in [-0.05, 0) is 74.9 Å². The summed E-state index contributed by atoms with van der Waals surface area (Å²) in [6.45, 7) is 9.07. The Hall–Kier alpha value is -4.39. The number of ether oxygens (including phenoxy) is 2. The van der Waals surface area contributed by atoms with Gasteiger partial charge in [0.15, 0.2) is 5.69 Å². The Morgan fingerprint density at radius 3 is 2.30 bits per heavy atom. The van der Waals surface area contributed by atoms with Gasteiger partial charge in [0, 0.05) is 31.6 Å². The quantitative estimate of drug-likeness (QED) is 0.295. The highest BCUT2D eigenvalue weighted by atomic mass is 19.4. The monoisotopic (exact) mass is 656 g/mol. The Bertz CT molecular complexity index is 1590. The number of nitrogens with zero attached hydrogens (tertiary/aromatic N) is 2. The largest absolute Gasteiger partial charge is 0.444 e. The molecular formula is C34H39F3N4O6. The van der Waals surface area contributed by atoms with E-state index in [9.17, 15) is 27.6 Å². The van der Waals surface area contributed by atoms with Crippen molar-refractivity contribution >= 4 is 17.9 Å². The van der Waals surface area contributed by atoms with E-state index in [1.165, 1.54) is 6.07 Å². The lowest BCUT2D eigenvalue weighted by Gasteiger charge is -2.35. The van der Waals surface area contributed by atoms with Crippen molar-refractivity contribution in [2.75, 3.05) is 26.3 Å². The first-order valence-corrected chi connectivity index (χ1v) is 15.6. The van der Waals surface area contributed by atoms with Gasteiger partial charge >= 0.3 is 12.3 Å². The number of carbonyl (C=O) groups excluding carboxylic acids is 3. The standard InChI is InChI=1S/C34H39F3N4O6/c1-20(39-30(42)28-16-29(47-40-28)23-11-13-41(14-12-23)31(43)25-18-45-19-25)21-5-7-22(8-6-21)27-15-26(34(35,36)37)10-9-24(27)17-38-32(44)46-33(2,3)4/h5-10,15-16,20,23,25H,11-14,17-19H2,1-4H3,(H,38,44)(H,39,42)/t20-/m1/s1. The molecule has 3 heterocycles. The zero-order chi connectivity index (χ0) is 33.9. The summed E-state index contributed by atoms with van der Waals surface area (Å²) in [5.74, 6) is 0.305. The minimum atomic E-state index is -4.55. The molecule has 2 saturated heterocycles. The maximum Gasteiger partial charge on any atom is 0.416 e. The highest BCUT2D eigenvalue weighted by molar-refractivity contribution is 5.92. The molecule has 0 bridgehead atoms. The molecule has 3 amide bonds. The Kier molecular flexibility index (Phi) is 9.94. The number of hydrogen-bond acceptors (Lipinski definition) is 7. The lowest BCUT2D eigenvalue weighted by molar-refractivity contribution is -0.151. The van der Waals surface area contributed by atoms with Crippen molar-refractivity contribution in [3.05, 3.63) is 76.7 Å². The molecule has 2 aliphatic rings. The summed E-state index contributed by atoms with van der Waals surface area (Å²) in [4.78, 5) is 39.5. The van der Waals surface area contributed by atoms with E-state index in [0.29, 0.717) is 61.6 Å². The summed E-state index contributed by atoms with van der Waals surface area (Å²) in [6, 6.07) is 11.4. The average molecular weight is 657 g/mol. The van der Waals surface area contributed by atoms with E-state index in [4.69, 9.17) is 14.0 Å². The topological polar surface area (TPSA) is 123 Å². The maximum atomic E-state index is 13.6. The second-order valence-corrected chi connectivity index (χ2v) is 13.0. The van der Waals surface area contributed by atoms with E-state index in [2.05, 4.69) is 15.8 Å². The molecule has 10 nitrogen and oxygen atoms in total. The fraction of sp³-hybridized carbons (Fsp3) is 0.471. The van der Waals surface area contributed by atoms with Crippen LogP contribution in [0.1, 0.15) is 85.4 Å². The lowest BCUT2D eigenvalue weighted by atomic mass is 9.93. The molecule has 0 spiro atoms. The van der Waals surface area contributed by atoms with Gasteiger partial charge in [-0.2, -0.15) is 13.2 Å². The number of hydrogen-bond donors (Lipinski definition) is 2. The Morgan fingerprint density at radius 1 is 1.02 bits per heavy atom. The number of benzene rings is 2. The van der Waals surface area contributed by atoms with Crippen LogP contribution in [-0.2, 0) is 27.0 Å². The van der Waals surface area contributed by atoms with E-state index >= 15 is 0 Å². The number of alkyl halides is 3. The van der Waals surface area contributed by atoms with Gasteiger partial charge in [-0.1, -0.05) is 35.5 Å². The number of piperidine rings is 1. The number of nitrogens with one attached hydrogen (secondary N) is 2. The van der Waals surface area contributed by atoms with E-state index in [-0.39, 0.29) is 30.0 Å². The molecule has 0 unspecified atom stereocenters. The number of halogens is 3. The van der Waals surface area contributed by atoms with Gasteiger partial charge in [0.1, 0.15) is 11.4 Å². The predicted molar refractivity (Wildman–Crippen MR) is 165 cm³/mol. The molecule has 47 heavy (non-hydrogen) atoms. The number of likely N-dealkylation sites (tertiary alicyclic amines) is 1. The van der Waals surface area contributed by atoms with Crippen LogP contribution in [0.2, 0.25) is 0 Å². The Morgan fingerprint density at radius 2 is 1.70 bits per heavy atom. The van der Waals surface area contributed by atoms with Crippen LogP contribution < -0.4 is 10.6 Å². The van der Waals surface area contributed by atoms with Crippen molar-refractivity contribution in [3.63, 3.8) is 0 Å². The molecular weight excluding hydrogens is 617 g/mol. The second kappa shape index (κ2) is 13.8. The molecule has 13 heteroatoms. The van der Waals surface area contributed by atoms with Crippen molar-refractivity contribution in [3.8, 4) is 11.1 Å². The van der Waals surface area contributed by atoms with Crippen LogP contribution in [0.4, 0.5) is 18.0 Å². The Balaban J connectivity index is 1.21. The van der Waals surface area contributed by atoms with Crippen molar-refractivity contribution in [2.24, 2.45) is 5.92 Å².